The number of nitrogens with zero attached hydrogens (tertiary/aromatic N) is 4. The van der Waals surface area contributed by atoms with E-state index in [0.717, 1.165) is 25.1 Å². The van der Waals surface area contributed by atoms with Gasteiger partial charge in [-0.15, -0.1) is 0 Å². The number of rotatable bonds is 3. The predicted molar refractivity (Wildman–Crippen MR) is 69.9 cm³/mol. The largest absolute Gasteiger partial charge is 0.409 e. The third-order valence-electron chi connectivity index (χ3n) is 3.32. The number of aromatic nitrogens is 2. The summed E-state index contributed by atoms with van der Waals surface area (Å²) in [4.78, 5) is 11.0. The van der Waals surface area contributed by atoms with E-state index in [0.29, 0.717) is 17.7 Å². The summed E-state index contributed by atoms with van der Waals surface area (Å²) in [5.74, 6) is 0.704. The summed E-state index contributed by atoms with van der Waals surface area (Å²) < 4.78 is 0. The van der Waals surface area contributed by atoms with Crippen LogP contribution in [0.4, 0.5) is 5.95 Å². The van der Waals surface area contributed by atoms with Crippen LogP contribution in [0.25, 0.3) is 0 Å². The summed E-state index contributed by atoms with van der Waals surface area (Å²) in [6, 6.07) is 2.21. The molecule has 1 aliphatic rings. The van der Waals surface area contributed by atoms with Gasteiger partial charge in [0.05, 0.1) is 0 Å². The molecule has 18 heavy (non-hydrogen) atoms. The van der Waals surface area contributed by atoms with Crippen molar-refractivity contribution in [3.05, 3.63) is 17.5 Å². The Bertz CT molecular complexity index is 460. The summed E-state index contributed by atoms with van der Waals surface area (Å²) in [6.45, 7) is 5.02. The van der Waals surface area contributed by atoms with Crippen LogP contribution in [0, 0.1) is 6.92 Å². The van der Waals surface area contributed by atoms with Crippen LogP contribution in [-0.2, 0) is 0 Å². The molecule has 0 aromatic carbocycles. The fourth-order valence-electron chi connectivity index (χ4n) is 2.39. The van der Waals surface area contributed by atoms with Gasteiger partial charge in [-0.2, -0.15) is 0 Å². The van der Waals surface area contributed by atoms with E-state index in [2.05, 4.69) is 26.9 Å². The van der Waals surface area contributed by atoms with Crippen molar-refractivity contribution in [1.29, 1.82) is 0 Å². The quantitative estimate of drug-likeness (QED) is 0.364. The summed E-state index contributed by atoms with van der Waals surface area (Å²) in [7, 11) is 0. The molecule has 0 spiro atoms. The first-order chi connectivity index (χ1) is 8.65. The minimum absolute atomic E-state index is 0.0222. The fraction of sp³-hybridized carbons (Fsp3) is 0.583. The molecule has 0 radical (unpaired) electrons. The molecule has 0 bridgehead atoms. The molecule has 6 nitrogen and oxygen atoms in total. The normalized spacial score (nSPS) is 20.4. The monoisotopic (exact) mass is 249 g/mol. The molecule has 2 rings (SSSR count). The van der Waals surface area contributed by atoms with Gasteiger partial charge in [0.25, 0.3) is 0 Å². The van der Waals surface area contributed by atoms with Crippen LogP contribution >= 0.6 is 0 Å². The van der Waals surface area contributed by atoms with Crippen molar-refractivity contribution in [2.24, 2.45) is 10.9 Å². The Morgan fingerprint density at radius 3 is 3.06 bits per heavy atom. The van der Waals surface area contributed by atoms with E-state index < -0.39 is 0 Å². The van der Waals surface area contributed by atoms with Gasteiger partial charge in [0.1, 0.15) is 5.69 Å². The molecule has 2 heterocycles. The zero-order valence-electron chi connectivity index (χ0n) is 10.8. The molecule has 6 heteroatoms. The molecule has 0 aliphatic carbocycles. The van der Waals surface area contributed by atoms with Gasteiger partial charge in [-0.25, -0.2) is 9.97 Å². The Morgan fingerprint density at radius 2 is 2.39 bits per heavy atom. The van der Waals surface area contributed by atoms with E-state index in [-0.39, 0.29) is 5.84 Å². The standard InChI is InChI=1S/C12H19N5O/c1-3-9-5-4-6-17(9)12-14-8(2)7-10(15-12)11(13)16-18/h7,9,18H,3-6H2,1-2H3,(H2,13,16). The van der Waals surface area contributed by atoms with Crippen molar-refractivity contribution in [2.75, 3.05) is 11.4 Å². The summed E-state index contributed by atoms with van der Waals surface area (Å²) in [6.07, 6.45) is 3.41. The average molecular weight is 249 g/mol. The predicted octanol–water partition coefficient (Wildman–Crippen LogP) is 1.26. The molecule has 1 aliphatic heterocycles. The smallest absolute Gasteiger partial charge is 0.226 e. The second-order valence-corrected chi connectivity index (χ2v) is 4.58. The number of oxime groups is 1. The molecule has 1 fully saturated rings. The highest BCUT2D eigenvalue weighted by atomic mass is 16.4. The molecule has 1 aromatic rings. The van der Waals surface area contributed by atoms with Crippen molar-refractivity contribution in [3.63, 3.8) is 0 Å². The van der Waals surface area contributed by atoms with Gasteiger partial charge in [0, 0.05) is 18.3 Å². The number of nitrogens with two attached hydrogens (primary N) is 1. The van der Waals surface area contributed by atoms with E-state index in [4.69, 9.17) is 10.9 Å². The van der Waals surface area contributed by atoms with Crippen molar-refractivity contribution in [2.45, 2.75) is 39.2 Å². The molecule has 1 saturated heterocycles. The van der Waals surface area contributed by atoms with Gasteiger partial charge in [-0.1, -0.05) is 12.1 Å². The number of aryl methyl sites for hydroxylation is 1. The number of amidine groups is 1. The summed E-state index contributed by atoms with van der Waals surface area (Å²) in [5, 5.41) is 11.7. The molecular weight excluding hydrogens is 230 g/mol. The zero-order valence-corrected chi connectivity index (χ0v) is 10.8. The van der Waals surface area contributed by atoms with Gasteiger partial charge in [0.2, 0.25) is 5.95 Å². The highest BCUT2D eigenvalue weighted by molar-refractivity contribution is 5.95. The first-order valence-electron chi connectivity index (χ1n) is 6.26. The van der Waals surface area contributed by atoms with Gasteiger partial charge in [-0.05, 0) is 32.3 Å². The van der Waals surface area contributed by atoms with Gasteiger partial charge in [-0.3, -0.25) is 0 Å². The molecule has 0 amide bonds. The van der Waals surface area contributed by atoms with Crippen LogP contribution in [0.15, 0.2) is 11.2 Å². The Kier molecular flexibility index (Phi) is 3.64. The Balaban J connectivity index is 2.36. The van der Waals surface area contributed by atoms with Crippen LogP contribution in [-0.4, -0.2) is 33.6 Å². The van der Waals surface area contributed by atoms with Crippen molar-refractivity contribution < 1.29 is 5.21 Å². The highest BCUT2D eigenvalue weighted by Gasteiger charge is 2.25. The Labute approximate surface area is 107 Å². The van der Waals surface area contributed by atoms with Crippen LogP contribution in [0.5, 0.6) is 0 Å². The van der Waals surface area contributed by atoms with Gasteiger partial charge in [0.15, 0.2) is 5.84 Å². The lowest BCUT2D eigenvalue weighted by atomic mass is 10.2. The molecule has 1 atom stereocenters. The Hall–Kier alpha value is -1.85. The molecule has 98 valence electrons. The Morgan fingerprint density at radius 1 is 1.61 bits per heavy atom. The van der Waals surface area contributed by atoms with Crippen LogP contribution in [0.3, 0.4) is 0 Å². The number of hydrogen-bond acceptors (Lipinski definition) is 5. The second kappa shape index (κ2) is 5.20. The van der Waals surface area contributed by atoms with E-state index in [1.807, 2.05) is 6.92 Å². The van der Waals surface area contributed by atoms with Crippen molar-refractivity contribution in [3.8, 4) is 0 Å². The lowest BCUT2D eigenvalue weighted by Crippen LogP contribution is -2.31. The molecule has 0 saturated carbocycles. The van der Waals surface area contributed by atoms with Crippen LogP contribution in [0.1, 0.15) is 37.6 Å². The third kappa shape index (κ3) is 2.37. The lowest BCUT2D eigenvalue weighted by molar-refractivity contribution is 0.318. The van der Waals surface area contributed by atoms with Crippen molar-refractivity contribution >= 4 is 11.8 Å². The van der Waals surface area contributed by atoms with Crippen LogP contribution in [0.2, 0.25) is 0 Å². The van der Waals surface area contributed by atoms with E-state index in [9.17, 15) is 0 Å². The van der Waals surface area contributed by atoms with Crippen molar-refractivity contribution in [1.82, 2.24) is 9.97 Å². The van der Waals surface area contributed by atoms with Gasteiger partial charge >= 0.3 is 0 Å². The average Bonchev–Trinajstić information content (AvgIpc) is 2.85. The zero-order chi connectivity index (χ0) is 13.1. The van der Waals surface area contributed by atoms with Gasteiger partial charge < -0.3 is 15.8 Å². The molecule has 1 aromatic heterocycles. The minimum Gasteiger partial charge on any atom is -0.409 e. The summed E-state index contributed by atoms with van der Waals surface area (Å²) >= 11 is 0. The summed E-state index contributed by atoms with van der Waals surface area (Å²) in [5.41, 5.74) is 6.89. The second-order valence-electron chi connectivity index (χ2n) is 4.58. The van der Waals surface area contributed by atoms with Crippen LogP contribution < -0.4 is 10.6 Å². The maximum absolute atomic E-state index is 8.72. The first kappa shape index (κ1) is 12.6. The molecule has 1 unspecified atom stereocenters. The lowest BCUT2D eigenvalue weighted by Gasteiger charge is -2.24. The molecular formula is C12H19N5O. The van der Waals surface area contributed by atoms with E-state index in [1.54, 1.807) is 6.07 Å². The third-order valence-corrected chi connectivity index (χ3v) is 3.32. The fourth-order valence-corrected chi connectivity index (χ4v) is 2.39. The SMILES string of the molecule is CCC1CCCN1c1nc(C)cc(/C(N)=N/O)n1. The maximum atomic E-state index is 8.72. The number of hydrogen-bond donors (Lipinski definition) is 2. The van der Waals surface area contributed by atoms with E-state index >= 15 is 0 Å². The topological polar surface area (TPSA) is 87.6 Å². The molecule has 3 N–H and O–H groups in total. The number of anilines is 1. The maximum Gasteiger partial charge on any atom is 0.226 e. The first-order valence-corrected chi connectivity index (χ1v) is 6.26. The highest BCUT2D eigenvalue weighted by Crippen LogP contribution is 2.24. The minimum atomic E-state index is 0.0222. The van der Waals surface area contributed by atoms with E-state index in [1.165, 1.54) is 6.42 Å².